The Labute approximate surface area is 101 Å². The van der Waals surface area contributed by atoms with Crippen molar-refractivity contribution in [1.82, 2.24) is 0 Å². The monoisotopic (exact) mass is 237 g/mol. The summed E-state index contributed by atoms with van der Waals surface area (Å²) in [5.74, 6) is -0.419. The fraction of sp³-hybridized carbons (Fsp3) is 0.462. The number of esters is 1. The molecule has 0 fully saturated rings. The maximum Gasteiger partial charge on any atom is 0.338 e. The van der Waals surface area contributed by atoms with E-state index in [4.69, 9.17) is 10.5 Å². The SMILES string of the molecule is CCCCCCOC(=O)c1ccc(O)c(N)c1. The van der Waals surface area contributed by atoms with Crippen molar-refractivity contribution in [3.8, 4) is 5.75 Å². The Morgan fingerprint density at radius 1 is 1.35 bits per heavy atom. The van der Waals surface area contributed by atoms with Crippen molar-refractivity contribution >= 4 is 11.7 Å². The Balaban J connectivity index is 2.39. The number of nitrogens with two attached hydrogens (primary N) is 1. The number of carbonyl (C=O) groups excluding carboxylic acids is 1. The van der Waals surface area contributed by atoms with Gasteiger partial charge in [0.1, 0.15) is 5.75 Å². The largest absolute Gasteiger partial charge is 0.506 e. The number of carbonyl (C=O) groups is 1. The summed E-state index contributed by atoms with van der Waals surface area (Å²) in [7, 11) is 0. The van der Waals surface area contributed by atoms with Crippen molar-refractivity contribution in [3.05, 3.63) is 23.8 Å². The zero-order valence-electron chi connectivity index (χ0n) is 10.1. The summed E-state index contributed by atoms with van der Waals surface area (Å²) >= 11 is 0. The van der Waals surface area contributed by atoms with E-state index in [0.29, 0.717) is 12.2 Å². The van der Waals surface area contributed by atoms with Gasteiger partial charge in [-0.15, -0.1) is 0 Å². The fourth-order valence-corrected chi connectivity index (χ4v) is 1.46. The lowest BCUT2D eigenvalue weighted by Gasteiger charge is -2.05. The Kier molecular flexibility index (Phi) is 5.33. The molecule has 4 nitrogen and oxygen atoms in total. The number of anilines is 1. The summed E-state index contributed by atoms with van der Waals surface area (Å²) in [6.07, 6.45) is 4.26. The van der Waals surface area contributed by atoms with E-state index in [1.54, 1.807) is 0 Å². The van der Waals surface area contributed by atoms with Crippen LogP contribution in [0.25, 0.3) is 0 Å². The van der Waals surface area contributed by atoms with Crippen LogP contribution in [0.15, 0.2) is 18.2 Å². The van der Waals surface area contributed by atoms with Gasteiger partial charge in [0.2, 0.25) is 0 Å². The minimum atomic E-state index is -0.395. The molecule has 0 atom stereocenters. The summed E-state index contributed by atoms with van der Waals surface area (Å²) < 4.78 is 5.09. The normalized spacial score (nSPS) is 10.2. The number of ether oxygens (including phenoxy) is 1. The highest BCUT2D eigenvalue weighted by atomic mass is 16.5. The zero-order valence-corrected chi connectivity index (χ0v) is 10.1. The van der Waals surface area contributed by atoms with Crippen molar-refractivity contribution in [2.75, 3.05) is 12.3 Å². The van der Waals surface area contributed by atoms with Gasteiger partial charge in [-0.25, -0.2) is 4.79 Å². The third-order valence-electron chi connectivity index (χ3n) is 2.49. The Morgan fingerprint density at radius 2 is 2.12 bits per heavy atom. The zero-order chi connectivity index (χ0) is 12.7. The summed E-state index contributed by atoms with van der Waals surface area (Å²) in [6.45, 7) is 2.56. The quantitative estimate of drug-likeness (QED) is 0.345. The van der Waals surface area contributed by atoms with Crippen LogP contribution >= 0.6 is 0 Å². The summed E-state index contributed by atoms with van der Waals surface area (Å²) in [5, 5.41) is 9.22. The molecule has 0 radical (unpaired) electrons. The predicted octanol–water partition coefficient (Wildman–Crippen LogP) is 2.71. The average Bonchev–Trinajstić information content (AvgIpc) is 2.32. The molecule has 0 amide bonds. The Morgan fingerprint density at radius 3 is 2.76 bits per heavy atom. The van der Waals surface area contributed by atoms with Gasteiger partial charge in [-0.05, 0) is 24.6 Å². The van der Waals surface area contributed by atoms with E-state index in [0.717, 1.165) is 25.7 Å². The van der Waals surface area contributed by atoms with Crippen molar-refractivity contribution in [1.29, 1.82) is 0 Å². The first kappa shape index (κ1) is 13.4. The highest BCUT2D eigenvalue weighted by Crippen LogP contribution is 2.20. The molecule has 0 saturated heterocycles. The van der Waals surface area contributed by atoms with Crippen LogP contribution in [0.3, 0.4) is 0 Å². The number of hydrogen-bond donors (Lipinski definition) is 2. The maximum absolute atomic E-state index is 11.6. The fourth-order valence-electron chi connectivity index (χ4n) is 1.46. The van der Waals surface area contributed by atoms with Crippen LogP contribution in [-0.2, 0) is 4.74 Å². The molecular formula is C13H19NO3. The smallest absolute Gasteiger partial charge is 0.338 e. The van der Waals surface area contributed by atoms with E-state index in [1.807, 2.05) is 0 Å². The van der Waals surface area contributed by atoms with Gasteiger partial charge in [-0.2, -0.15) is 0 Å². The number of phenols is 1. The highest BCUT2D eigenvalue weighted by Gasteiger charge is 2.08. The molecule has 0 aliphatic carbocycles. The van der Waals surface area contributed by atoms with Crippen LogP contribution in [0.4, 0.5) is 5.69 Å². The van der Waals surface area contributed by atoms with Gasteiger partial charge in [0, 0.05) is 0 Å². The molecule has 0 aromatic heterocycles. The second kappa shape index (κ2) is 6.78. The molecule has 17 heavy (non-hydrogen) atoms. The van der Waals surface area contributed by atoms with Gasteiger partial charge in [0.15, 0.2) is 0 Å². The average molecular weight is 237 g/mol. The molecule has 1 rings (SSSR count). The second-order valence-corrected chi connectivity index (χ2v) is 3.97. The van der Waals surface area contributed by atoms with Crippen LogP contribution < -0.4 is 5.73 Å². The Hall–Kier alpha value is -1.71. The van der Waals surface area contributed by atoms with Crippen molar-refractivity contribution in [3.63, 3.8) is 0 Å². The molecule has 94 valence electrons. The van der Waals surface area contributed by atoms with Crippen LogP contribution in [0, 0.1) is 0 Å². The van der Waals surface area contributed by atoms with E-state index in [-0.39, 0.29) is 11.4 Å². The summed E-state index contributed by atoms with van der Waals surface area (Å²) in [4.78, 5) is 11.6. The van der Waals surface area contributed by atoms with Crippen molar-refractivity contribution in [2.24, 2.45) is 0 Å². The first-order valence-electron chi connectivity index (χ1n) is 5.90. The van der Waals surface area contributed by atoms with Gasteiger partial charge in [0.05, 0.1) is 17.9 Å². The molecule has 4 heteroatoms. The minimum Gasteiger partial charge on any atom is -0.506 e. The molecule has 0 saturated carbocycles. The van der Waals surface area contributed by atoms with Crippen molar-refractivity contribution < 1.29 is 14.6 Å². The maximum atomic E-state index is 11.6. The lowest BCUT2D eigenvalue weighted by atomic mass is 10.2. The second-order valence-electron chi connectivity index (χ2n) is 3.97. The van der Waals surface area contributed by atoms with E-state index >= 15 is 0 Å². The number of unbranched alkanes of at least 4 members (excludes halogenated alkanes) is 3. The van der Waals surface area contributed by atoms with Crippen LogP contribution in [0.5, 0.6) is 5.75 Å². The number of aromatic hydroxyl groups is 1. The molecule has 0 spiro atoms. The van der Waals surface area contributed by atoms with E-state index in [1.165, 1.54) is 18.2 Å². The lowest BCUT2D eigenvalue weighted by molar-refractivity contribution is 0.0498. The van der Waals surface area contributed by atoms with Crippen molar-refractivity contribution in [2.45, 2.75) is 32.6 Å². The number of phenolic OH excluding ortho intramolecular Hbond substituents is 1. The first-order chi connectivity index (χ1) is 8.15. The standard InChI is InChI=1S/C13H19NO3/c1-2-3-4-5-8-17-13(16)10-6-7-12(15)11(14)9-10/h6-7,9,15H,2-5,8,14H2,1H3. The number of benzene rings is 1. The third-order valence-corrected chi connectivity index (χ3v) is 2.49. The minimum absolute atomic E-state index is 0.0236. The van der Waals surface area contributed by atoms with Gasteiger partial charge in [-0.1, -0.05) is 26.2 Å². The van der Waals surface area contributed by atoms with Crippen LogP contribution in [0.1, 0.15) is 43.0 Å². The van der Waals surface area contributed by atoms with Gasteiger partial charge in [0.25, 0.3) is 0 Å². The van der Waals surface area contributed by atoms with E-state index < -0.39 is 5.97 Å². The topological polar surface area (TPSA) is 72.5 Å². The number of nitrogen functional groups attached to an aromatic ring is 1. The van der Waals surface area contributed by atoms with Gasteiger partial charge >= 0.3 is 5.97 Å². The predicted molar refractivity (Wildman–Crippen MR) is 66.9 cm³/mol. The lowest BCUT2D eigenvalue weighted by Crippen LogP contribution is -2.07. The Bertz CT molecular complexity index is 377. The molecule has 1 aromatic carbocycles. The van der Waals surface area contributed by atoms with E-state index in [9.17, 15) is 9.90 Å². The molecule has 0 heterocycles. The molecule has 0 aliphatic heterocycles. The molecule has 3 N–H and O–H groups in total. The third kappa shape index (κ3) is 4.34. The van der Waals surface area contributed by atoms with Crippen LogP contribution in [0.2, 0.25) is 0 Å². The summed E-state index contributed by atoms with van der Waals surface area (Å²) in [5.41, 5.74) is 6.05. The molecule has 0 aliphatic rings. The van der Waals surface area contributed by atoms with Gasteiger partial charge in [-0.3, -0.25) is 0 Å². The van der Waals surface area contributed by atoms with Gasteiger partial charge < -0.3 is 15.6 Å². The molecular weight excluding hydrogens is 218 g/mol. The molecule has 0 unspecified atom stereocenters. The van der Waals surface area contributed by atoms with E-state index in [2.05, 4.69) is 6.92 Å². The highest BCUT2D eigenvalue weighted by molar-refractivity contribution is 5.90. The molecule has 1 aromatic rings. The number of rotatable bonds is 6. The number of hydrogen-bond acceptors (Lipinski definition) is 4. The first-order valence-corrected chi connectivity index (χ1v) is 5.90. The van der Waals surface area contributed by atoms with Crippen LogP contribution in [-0.4, -0.2) is 17.7 Å². The summed E-state index contributed by atoms with van der Waals surface area (Å²) in [6, 6.07) is 4.31. The molecule has 0 bridgehead atoms.